The van der Waals surface area contributed by atoms with E-state index in [4.69, 9.17) is 9.97 Å². The number of rotatable bonds is 2. The second-order valence-corrected chi connectivity index (χ2v) is 10.1. The molecule has 0 unspecified atom stereocenters. The minimum atomic E-state index is 0.935. The van der Waals surface area contributed by atoms with Crippen molar-refractivity contribution in [2.45, 2.75) is 0 Å². The molecular weight excluding hydrogens is 458 g/mol. The van der Waals surface area contributed by atoms with E-state index < -0.39 is 0 Å². The van der Waals surface area contributed by atoms with Gasteiger partial charge in [0.2, 0.25) is 0 Å². The molecule has 0 radical (unpaired) electrons. The van der Waals surface area contributed by atoms with Crippen molar-refractivity contribution in [1.82, 2.24) is 14.5 Å². The third-order valence-corrected chi connectivity index (χ3v) is 8.18. The summed E-state index contributed by atoms with van der Waals surface area (Å²) in [5.74, 6) is 0.935. The van der Waals surface area contributed by atoms with Crippen molar-refractivity contribution in [1.29, 1.82) is 0 Å². The maximum absolute atomic E-state index is 5.23. The second-order valence-electron chi connectivity index (χ2n) is 9.05. The summed E-state index contributed by atoms with van der Waals surface area (Å²) in [6.45, 7) is 0. The molecule has 36 heavy (non-hydrogen) atoms. The van der Waals surface area contributed by atoms with Gasteiger partial charge in [-0.3, -0.25) is 4.57 Å². The van der Waals surface area contributed by atoms with E-state index in [-0.39, 0.29) is 0 Å². The van der Waals surface area contributed by atoms with Crippen LogP contribution in [-0.4, -0.2) is 14.5 Å². The molecule has 0 saturated carbocycles. The second kappa shape index (κ2) is 7.48. The van der Waals surface area contributed by atoms with Gasteiger partial charge in [-0.15, -0.1) is 11.3 Å². The summed E-state index contributed by atoms with van der Waals surface area (Å²) < 4.78 is 4.90. The van der Waals surface area contributed by atoms with Gasteiger partial charge in [0.15, 0.2) is 0 Å². The molecule has 0 aliphatic rings. The highest BCUT2D eigenvalue weighted by Crippen LogP contribution is 2.43. The molecule has 4 heteroatoms. The van der Waals surface area contributed by atoms with E-state index in [1.807, 2.05) is 23.6 Å². The molecule has 0 aliphatic heterocycles. The lowest BCUT2D eigenvalue weighted by Crippen LogP contribution is -1.99. The van der Waals surface area contributed by atoms with Crippen LogP contribution in [0.2, 0.25) is 0 Å². The summed E-state index contributed by atoms with van der Waals surface area (Å²) in [6, 6.07) is 38.4. The van der Waals surface area contributed by atoms with Crippen LogP contribution in [0.3, 0.4) is 0 Å². The molecule has 0 bridgehead atoms. The number of hydrogen-bond donors (Lipinski definition) is 0. The van der Waals surface area contributed by atoms with Crippen LogP contribution in [0.1, 0.15) is 0 Å². The first-order valence-electron chi connectivity index (χ1n) is 12.0. The zero-order chi connectivity index (χ0) is 23.6. The van der Waals surface area contributed by atoms with Gasteiger partial charge in [-0.2, -0.15) is 0 Å². The van der Waals surface area contributed by atoms with Gasteiger partial charge >= 0.3 is 0 Å². The first-order chi connectivity index (χ1) is 17.9. The van der Waals surface area contributed by atoms with Crippen LogP contribution in [0.25, 0.3) is 70.0 Å². The minimum Gasteiger partial charge on any atom is -0.291 e. The fraction of sp³-hybridized carbons (Fsp3) is 0. The monoisotopic (exact) mass is 477 g/mol. The van der Waals surface area contributed by atoms with E-state index >= 15 is 0 Å². The fourth-order valence-electron chi connectivity index (χ4n) is 5.44. The topological polar surface area (TPSA) is 30.7 Å². The van der Waals surface area contributed by atoms with Gasteiger partial charge in [-0.25, -0.2) is 9.97 Å². The fourth-order valence-corrected chi connectivity index (χ4v) is 6.55. The van der Waals surface area contributed by atoms with E-state index in [1.165, 1.54) is 31.1 Å². The highest BCUT2D eigenvalue weighted by molar-refractivity contribution is 7.26. The maximum Gasteiger partial charge on any atom is 0.145 e. The molecule has 8 rings (SSSR count). The first kappa shape index (κ1) is 19.7. The predicted octanol–water partition coefficient (Wildman–Crippen LogP) is 8.76. The maximum atomic E-state index is 5.23. The van der Waals surface area contributed by atoms with Crippen LogP contribution in [0, 0.1) is 0 Å². The van der Waals surface area contributed by atoms with E-state index in [1.54, 1.807) is 0 Å². The Labute approximate surface area is 210 Å². The van der Waals surface area contributed by atoms with Crippen molar-refractivity contribution in [2.24, 2.45) is 0 Å². The summed E-state index contributed by atoms with van der Waals surface area (Å²) in [7, 11) is 0. The Balaban J connectivity index is 1.60. The largest absolute Gasteiger partial charge is 0.291 e. The molecule has 0 aliphatic carbocycles. The smallest absolute Gasteiger partial charge is 0.145 e. The number of benzene rings is 4. The average Bonchev–Trinajstić information content (AvgIpc) is 3.48. The molecule has 168 valence electrons. The van der Waals surface area contributed by atoms with Gasteiger partial charge in [0.1, 0.15) is 5.82 Å². The third kappa shape index (κ3) is 2.73. The van der Waals surface area contributed by atoms with Gasteiger partial charge in [0.25, 0.3) is 0 Å². The normalized spacial score (nSPS) is 11.9. The van der Waals surface area contributed by atoms with Gasteiger partial charge in [-0.1, -0.05) is 72.8 Å². The van der Waals surface area contributed by atoms with E-state index in [0.29, 0.717) is 0 Å². The molecule has 4 aromatic carbocycles. The van der Waals surface area contributed by atoms with Crippen molar-refractivity contribution >= 4 is 64.2 Å². The Hall–Kier alpha value is -4.54. The highest BCUT2D eigenvalue weighted by Gasteiger charge is 2.21. The number of thiophene rings is 1. The van der Waals surface area contributed by atoms with Gasteiger partial charge in [-0.05, 0) is 41.8 Å². The first-order valence-corrected chi connectivity index (χ1v) is 12.8. The van der Waals surface area contributed by atoms with Crippen LogP contribution in [-0.2, 0) is 0 Å². The molecule has 4 aromatic heterocycles. The number of aromatic nitrogens is 3. The molecule has 0 spiro atoms. The predicted molar refractivity (Wildman–Crippen MR) is 152 cm³/mol. The molecular formula is C32H19N3S. The van der Waals surface area contributed by atoms with Crippen LogP contribution in [0.4, 0.5) is 0 Å². The molecule has 0 N–H and O–H groups in total. The molecule has 0 fully saturated rings. The average molecular weight is 478 g/mol. The number of nitrogens with zero attached hydrogens (tertiary/aromatic N) is 3. The van der Waals surface area contributed by atoms with Crippen molar-refractivity contribution in [3.8, 4) is 17.1 Å². The summed E-state index contributed by atoms with van der Waals surface area (Å²) >= 11 is 1.84. The zero-order valence-corrected chi connectivity index (χ0v) is 20.0. The van der Waals surface area contributed by atoms with Gasteiger partial charge < -0.3 is 0 Å². The molecule has 4 heterocycles. The Bertz CT molecular complexity index is 2100. The molecule has 8 aromatic rings. The van der Waals surface area contributed by atoms with E-state index in [2.05, 4.69) is 108 Å². The van der Waals surface area contributed by atoms with E-state index in [0.717, 1.165) is 38.9 Å². The van der Waals surface area contributed by atoms with Gasteiger partial charge in [0, 0.05) is 42.7 Å². The third-order valence-electron chi connectivity index (χ3n) is 7.04. The standard InChI is InChI=1S/C32H19N3S/c1-2-9-21(10-3-1)25-15-16-26-30(34-25)24-14-17-28-29(23-12-6-7-13-27(23)36-28)31(24)35(26)32-22-11-5-4-8-20(22)18-19-33-32/h1-19H. The molecule has 0 saturated heterocycles. The minimum absolute atomic E-state index is 0.935. The Morgan fingerprint density at radius 1 is 0.611 bits per heavy atom. The summed E-state index contributed by atoms with van der Waals surface area (Å²) in [5, 5.41) is 5.99. The quantitative estimate of drug-likeness (QED) is 0.249. The molecule has 0 amide bonds. The van der Waals surface area contributed by atoms with Crippen molar-refractivity contribution in [2.75, 3.05) is 0 Å². The summed E-state index contributed by atoms with van der Waals surface area (Å²) in [4.78, 5) is 10.2. The van der Waals surface area contributed by atoms with E-state index in [9.17, 15) is 0 Å². The number of hydrogen-bond acceptors (Lipinski definition) is 3. The Kier molecular flexibility index (Phi) is 4.10. The summed E-state index contributed by atoms with van der Waals surface area (Å²) in [6.07, 6.45) is 1.91. The van der Waals surface area contributed by atoms with Crippen molar-refractivity contribution in [3.63, 3.8) is 0 Å². The lowest BCUT2D eigenvalue weighted by atomic mass is 10.1. The SMILES string of the molecule is c1ccc(-c2ccc3c(n2)c2ccc4sc5ccccc5c4c2n3-c2nccc3ccccc23)cc1. The van der Waals surface area contributed by atoms with Crippen LogP contribution < -0.4 is 0 Å². The van der Waals surface area contributed by atoms with Crippen molar-refractivity contribution in [3.05, 3.63) is 115 Å². The Morgan fingerprint density at radius 2 is 1.42 bits per heavy atom. The Morgan fingerprint density at radius 3 is 2.33 bits per heavy atom. The van der Waals surface area contributed by atoms with Crippen LogP contribution >= 0.6 is 11.3 Å². The highest BCUT2D eigenvalue weighted by atomic mass is 32.1. The number of pyridine rings is 2. The lowest BCUT2D eigenvalue weighted by Gasteiger charge is -2.11. The van der Waals surface area contributed by atoms with Crippen LogP contribution in [0.15, 0.2) is 115 Å². The van der Waals surface area contributed by atoms with Crippen molar-refractivity contribution < 1.29 is 0 Å². The molecule has 3 nitrogen and oxygen atoms in total. The zero-order valence-electron chi connectivity index (χ0n) is 19.2. The number of fused-ring (bicyclic) bond motifs is 8. The van der Waals surface area contributed by atoms with Gasteiger partial charge in [0.05, 0.1) is 22.2 Å². The summed E-state index contributed by atoms with van der Waals surface area (Å²) in [5.41, 5.74) is 5.32. The molecule has 0 atom stereocenters. The van der Waals surface area contributed by atoms with Crippen LogP contribution in [0.5, 0.6) is 0 Å². The lowest BCUT2D eigenvalue weighted by molar-refractivity contribution is 1.10.